The summed E-state index contributed by atoms with van der Waals surface area (Å²) in [5, 5.41) is 10.1. The molecule has 2 atom stereocenters. The zero-order valence-electron chi connectivity index (χ0n) is 13.5. The average Bonchev–Trinajstić information content (AvgIpc) is 2.46. The first-order chi connectivity index (χ1) is 10.2. The molecule has 1 N–H and O–H groups in total. The van der Waals surface area contributed by atoms with Gasteiger partial charge in [0.2, 0.25) is 0 Å². The van der Waals surface area contributed by atoms with Gasteiger partial charge in [-0.3, -0.25) is 9.59 Å². The zero-order valence-corrected chi connectivity index (χ0v) is 13.5. The van der Waals surface area contributed by atoms with Crippen LogP contribution in [0.4, 0.5) is 0 Å². The second kappa shape index (κ2) is 4.58. The van der Waals surface area contributed by atoms with Crippen molar-refractivity contribution in [2.75, 3.05) is 7.11 Å². The summed E-state index contributed by atoms with van der Waals surface area (Å²) in [7, 11) is 1.47. The van der Waals surface area contributed by atoms with Crippen LogP contribution < -0.4 is 4.74 Å². The number of methoxy groups -OCH3 is 1. The number of carbonyl (C=O) groups excluding carboxylic acids is 2. The van der Waals surface area contributed by atoms with E-state index in [4.69, 9.17) is 4.74 Å². The van der Waals surface area contributed by atoms with Crippen molar-refractivity contribution in [2.24, 2.45) is 11.3 Å². The van der Waals surface area contributed by atoms with Gasteiger partial charge in [-0.05, 0) is 35.4 Å². The lowest BCUT2D eigenvalue weighted by Gasteiger charge is -2.52. The monoisotopic (exact) mass is 302 g/mol. The van der Waals surface area contributed by atoms with Crippen LogP contribution >= 0.6 is 0 Å². The van der Waals surface area contributed by atoms with Gasteiger partial charge in [-0.2, -0.15) is 0 Å². The topological polar surface area (TPSA) is 63.6 Å². The molecular weight excluding hydrogens is 280 g/mol. The fraction of sp³-hybridized carbons (Fsp3) is 0.556. The predicted molar refractivity (Wildman–Crippen MR) is 82.5 cm³/mol. The van der Waals surface area contributed by atoms with E-state index in [1.807, 2.05) is 13.8 Å². The van der Waals surface area contributed by atoms with Crippen LogP contribution in [0.2, 0.25) is 0 Å². The Morgan fingerprint density at radius 1 is 1.23 bits per heavy atom. The van der Waals surface area contributed by atoms with E-state index in [1.165, 1.54) is 7.11 Å². The van der Waals surface area contributed by atoms with Crippen LogP contribution in [0.1, 0.15) is 56.0 Å². The van der Waals surface area contributed by atoms with Gasteiger partial charge < -0.3 is 9.84 Å². The SMILES string of the molecule is COc1cc2c(cc1O)C1(C)CCC(=O)C(C)(C)C1CC2=O. The third-order valence-electron chi connectivity index (χ3n) is 5.85. The van der Waals surface area contributed by atoms with Gasteiger partial charge in [0.15, 0.2) is 17.3 Å². The molecule has 1 fully saturated rings. The van der Waals surface area contributed by atoms with Crippen molar-refractivity contribution in [2.45, 2.75) is 45.4 Å². The Morgan fingerprint density at radius 3 is 2.55 bits per heavy atom. The molecule has 0 spiro atoms. The molecule has 0 saturated heterocycles. The van der Waals surface area contributed by atoms with Crippen LogP contribution in [0.25, 0.3) is 0 Å². The number of hydrogen-bond acceptors (Lipinski definition) is 4. The number of benzene rings is 1. The van der Waals surface area contributed by atoms with E-state index in [9.17, 15) is 14.7 Å². The Kier molecular flexibility index (Phi) is 3.13. The van der Waals surface area contributed by atoms with Crippen molar-refractivity contribution in [3.8, 4) is 11.5 Å². The molecule has 4 nitrogen and oxygen atoms in total. The molecule has 4 heteroatoms. The third kappa shape index (κ3) is 1.82. The Labute approximate surface area is 130 Å². The second-order valence-electron chi connectivity index (χ2n) is 7.31. The van der Waals surface area contributed by atoms with Crippen LogP contribution in [-0.4, -0.2) is 23.8 Å². The summed E-state index contributed by atoms with van der Waals surface area (Å²) in [6.07, 6.45) is 1.60. The fourth-order valence-corrected chi connectivity index (χ4v) is 4.39. The Bertz CT molecular complexity index is 674. The van der Waals surface area contributed by atoms with Crippen LogP contribution in [0.15, 0.2) is 12.1 Å². The van der Waals surface area contributed by atoms with Crippen LogP contribution in [0.5, 0.6) is 11.5 Å². The number of phenols is 1. The van der Waals surface area contributed by atoms with Gasteiger partial charge in [-0.1, -0.05) is 20.8 Å². The predicted octanol–water partition coefficient (Wildman–Crippen LogP) is 3.25. The molecule has 0 aromatic heterocycles. The van der Waals surface area contributed by atoms with E-state index in [2.05, 4.69) is 6.92 Å². The smallest absolute Gasteiger partial charge is 0.163 e. The molecule has 1 aromatic carbocycles. The Balaban J connectivity index is 2.22. The molecule has 0 bridgehead atoms. The van der Waals surface area contributed by atoms with E-state index in [1.54, 1.807) is 12.1 Å². The van der Waals surface area contributed by atoms with Crippen LogP contribution in [-0.2, 0) is 10.2 Å². The standard InChI is InChI=1S/C18H22O4/c1-17(2)15-9-12(19)10-7-14(22-4)13(20)8-11(10)18(15,3)6-5-16(17)21/h7-8,15,20H,5-6,9H2,1-4H3. The molecule has 3 rings (SSSR count). The summed E-state index contributed by atoms with van der Waals surface area (Å²) in [4.78, 5) is 24.9. The summed E-state index contributed by atoms with van der Waals surface area (Å²) in [6.45, 7) is 6.00. The van der Waals surface area contributed by atoms with Gasteiger partial charge in [0.05, 0.1) is 7.11 Å². The minimum Gasteiger partial charge on any atom is -0.504 e. The van der Waals surface area contributed by atoms with Gasteiger partial charge in [0.1, 0.15) is 5.78 Å². The number of rotatable bonds is 1. The zero-order chi connectivity index (χ0) is 16.3. The van der Waals surface area contributed by atoms with E-state index in [-0.39, 0.29) is 28.6 Å². The second-order valence-corrected chi connectivity index (χ2v) is 7.31. The lowest BCUT2D eigenvalue weighted by molar-refractivity contribution is -0.136. The molecule has 118 valence electrons. The van der Waals surface area contributed by atoms with Crippen molar-refractivity contribution >= 4 is 11.6 Å². The maximum Gasteiger partial charge on any atom is 0.163 e. The van der Waals surface area contributed by atoms with E-state index in [0.29, 0.717) is 30.6 Å². The number of ether oxygens (including phenoxy) is 1. The molecule has 0 amide bonds. The number of ketones is 2. The lowest BCUT2D eigenvalue weighted by Crippen LogP contribution is -2.53. The van der Waals surface area contributed by atoms with Gasteiger partial charge >= 0.3 is 0 Å². The maximum absolute atomic E-state index is 12.6. The Morgan fingerprint density at radius 2 is 1.91 bits per heavy atom. The number of Topliss-reactive ketones (excluding diaryl/α,β-unsaturated/α-hetero) is 2. The van der Waals surface area contributed by atoms with Gasteiger partial charge in [-0.15, -0.1) is 0 Å². The van der Waals surface area contributed by atoms with Crippen molar-refractivity contribution < 1.29 is 19.4 Å². The first-order valence-electron chi connectivity index (χ1n) is 7.70. The number of fused-ring (bicyclic) bond motifs is 3. The number of phenolic OH excluding ortho intramolecular Hbond substituents is 1. The summed E-state index contributed by atoms with van der Waals surface area (Å²) in [5.74, 6) is 0.586. The van der Waals surface area contributed by atoms with Gasteiger partial charge in [-0.25, -0.2) is 0 Å². The highest BCUT2D eigenvalue weighted by Crippen LogP contribution is 2.56. The van der Waals surface area contributed by atoms with Gasteiger partial charge in [0, 0.05) is 23.8 Å². The molecule has 1 saturated carbocycles. The first-order valence-corrected chi connectivity index (χ1v) is 7.70. The average molecular weight is 302 g/mol. The highest BCUT2D eigenvalue weighted by molar-refractivity contribution is 6.01. The molecule has 2 unspecified atom stereocenters. The number of aromatic hydroxyl groups is 1. The molecule has 2 aliphatic rings. The third-order valence-corrected chi connectivity index (χ3v) is 5.85. The molecule has 0 aliphatic heterocycles. The first kappa shape index (κ1) is 15.1. The summed E-state index contributed by atoms with van der Waals surface area (Å²) < 4.78 is 5.13. The van der Waals surface area contributed by atoms with Crippen LogP contribution in [0, 0.1) is 11.3 Å². The highest BCUT2D eigenvalue weighted by Gasteiger charge is 2.55. The highest BCUT2D eigenvalue weighted by atomic mass is 16.5. The molecule has 1 aromatic rings. The minimum absolute atomic E-state index is 0.0264. The summed E-state index contributed by atoms with van der Waals surface area (Å²) in [5.41, 5.74) is 0.687. The normalized spacial score (nSPS) is 29.7. The largest absolute Gasteiger partial charge is 0.504 e. The fourth-order valence-electron chi connectivity index (χ4n) is 4.39. The summed E-state index contributed by atoms with van der Waals surface area (Å²) >= 11 is 0. The Hall–Kier alpha value is -1.84. The van der Waals surface area contributed by atoms with E-state index >= 15 is 0 Å². The van der Waals surface area contributed by atoms with Crippen molar-refractivity contribution in [1.29, 1.82) is 0 Å². The molecule has 0 radical (unpaired) electrons. The van der Waals surface area contributed by atoms with E-state index < -0.39 is 5.41 Å². The molecule has 0 heterocycles. The summed E-state index contributed by atoms with van der Waals surface area (Å²) in [6, 6.07) is 3.29. The van der Waals surface area contributed by atoms with E-state index in [0.717, 1.165) is 5.56 Å². The van der Waals surface area contributed by atoms with Crippen molar-refractivity contribution in [3.63, 3.8) is 0 Å². The minimum atomic E-state index is -0.518. The number of carbonyl (C=O) groups is 2. The number of hydrogen-bond donors (Lipinski definition) is 1. The molecule has 22 heavy (non-hydrogen) atoms. The van der Waals surface area contributed by atoms with Gasteiger partial charge in [0.25, 0.3) is 0 Å². The molecular formula is C18H22O4. The molecule has 2 aliphatic carbocycles. The maximum atomic E-state index is 12.6. The quantitative estimate of drug-likeness (QED) is 0.865. The van der Waals surface area contributed by atoms with Crippen molar-refractivity contribution in [3.05, 3.63) is 23.3 Å². The van der Waals surface area contributed by atoms with Crippen LogP contribution in [0.3, 0.4) is 0 Å². The lowest BCUT2D eigenvalue weighted by atomic mass is 9.50. The van der Waals surface area contributed by atoms with Crippen molar-refractivity contribution in [1.82, 2.24) is 0 Å².